The van der Waals surface area contributed by atoms with Crippen molar-refractivity contribution in [2.75, 3.05) is 25.9 Å². The number of carbonyl (C=O) groups excluding carboxylic acids is 2. The van der Waals surface area contributed by atoms with E-state index < -0.39 is 23.2 Å². The maximum absolute atomic E-state index is 12.2. The number of rotatable bonds is 5. The first kappa shape index (κ1) is 28.5. The second-order valence-electron chi connectivity index (χ2n) is 11.1. The maximum Gasteiger partial charge on any atom is 0.407 e. The fourth-order valence-electron chi connectivity index (χ4n) is 4.50. The van der Waals surface area contributed by atoms with Gasteiger partial charge in [-0.3, -0.25) is 9.48 Å². The van der Waals surface area contributed by atoms with Crippen molar-refractivity contribution in [2.24, 2.45) is 0 Å². The van der Waals surface area contributed by atoms with E-state index in [1.165, 1.54) is 4.90 Å². The third kappa shape index (κ3) is 6.16. The predicted octanol–water partition coefficient (Wildman–Crippen LogP) is 2.61. The van der Waals surface area contributed by atoms with Gasteiger partial charge in [-0.25, -0.2) is 19.7 Å². The number of aromatic nitrogens is 5. The Bertz CT molecular complexity index is 1730. The first-order chi connectivity index (χ1) is 19.9. The Labute approximate surface area is 242 Å². The minimum atomic E-state index is -1.68. The first-order valence-corrected chi connectivity index (χ1v) is 13.4. The highest BCUT2D eigenvalue weighted by molar-refractivity contribution is 5.98. The molecule has 0 spiro atoms. The van der Waals surface area contributed by atoms with E-state index in [0.717, 1.165) is 11.1 Å². The molecular weight excluding hydrogens is 536 g/mol. The van der Waals surface area contributed by atoms with E-state index >= 15 is 0 Å². The number of likely N-dealkylation sites (tertiary alicyclic amines) is 1. The van der Waals surface area contributed by atoms with Crippen LogP contribution in [0.25, 0.3) is 33.4 Å². The second-order valence-corrected chi connectivity index (χ2v) is 11.1. The number of nitrogens with one attached hydrogen (secondary N) is 1. The normalized spacial score (nSPS) is 16.8. The number of likely N-dealkylation sites (N-methyl/N-ethyl adjacent to an activating group) is 1. The Morgan fingerprint density at radius 3 is 2.76 bits per heavy atom. The molecule has 12 heteroatoms. The lowest BCUT2D eigenvalue weighted by Gasteiger charge is -2.19. The van der Waals surface area contributed by atoms with Crippen LogP contribution in [-0.4, -0.2) is 78.1 Å². The third-order valence-electron chi connectivity index (χ3n) is 6.65. The molecule has 42 heavy (non-hydrogen) atoms. The van der Waals surface area contributed by atoms with Crippen molar-refractivity contribution in [3.8, 4) is 34.4 Å². The smallest absolute Gasteiger partial charge is 0.407 e. The van der Waals surface area contributed by atoms with Gasteiger partial charge in [0.1, 0.15) is 16.9 Å². The molecule has 1 aromatic carbocycles. The first-order valence-electron chi connectivity index (χ1n) is 13.4. The molecule has 4 aromatic rings. The van der Waals surface area contributed by atoms with E-state index in [4.69, 9.17) is 15.5 Å². The van der Waals surface area contributed by atoms with Crippen molar-refractivity contribution in [3.63, 3.8) is 0 Å². The standard InChI is InChI=1S/C30H32N8O4/c1-29(2,3)42-28(40)32-11-13-38-18-21(15-35-38)22-16-33-25(31)24-23(22)17-34-26(36-24)20-7-5-6-19(14-20)8-9-30(41)10-12-37(4)27(30)39/h5-7,14-18,41H,10-13H2,1-4H3,(H2,31,33)(H,32,40)/t30-/m0/s1. The molecule has 0 saturated carbocycles. The second kappa shape index (κ2) is 11.1. The number of aliphatic hydroxyl groups is 1. The van der Waals surface area contributed by atoms with Gasteiger partial charge in [0, 0.05) is 72.8 Å². The summed E-state index contributed by atoms with van der Waals surface area (Å²) in [4.78, 5) is 39.2. The zero-order valence-electron chi connectivity index (χ0n) is 23.9. The van der Waals surface area contributed by atoms with Crippen LogP contribution in [0.15, 0.2) is 49.1 Å². The molecule has 4 N–H and O–H groups in total. The number of hydrogen-bond donors (Lipinski definition) is 3. The predicted molar refractivity (Wildman–Crippen MR) is 157 cm³/mol. The summed E-state index contributed by atoms with van der Waals surface area (Å²) in [5.41, 5.74) is 7.32. The van der Waals surface area contributed by atoms with Gasteiger partial charge in [-0.1, -0.05) is 24.0 Å². The number of alkyl carbamates (subject to hydrolysis) is 1. The van der Waals surface area contributed by atoms with Gasteiger partial charge in [0.2, 0.25) is 5.60 Å². The monoisotopic (exact) mass is 568 g/mol. The molecule has 1 saturated heterocycles. The van der Waals surface area contributed by atoms with E-state index in [2.05, 4.69) is 32.2 Å². The van der Waals surface area contributed by atoms with Crippen LogP contribution >= 0.6 is 0 Å². The molecule has 1 aliphatic rings. The molecule has 1 fully saturated rings. The van der Waals surface area contributed by atoms with Crippen LogP contribution in [0.3, 0.4) is 0 Å². The summed E-state index contributed by atoms with van der Waals surface area (Å²) >= 11 is 0. The number of anilines is 1. The molecule has 3 aromatic heterocycles. The highest BCUT2D eigenvalue weighted by Crippen LogP contribution is 2.30. The van der Waals surface area contributed by atoms with Crippen molar-refractivity contribution in [2.45, 2.75) is 44.9 Å². The van der Waals surface area contributed by atoms with Crippen molar-refractivity contribution in [1.82, 2.24) is 34.9 Å². The summed E-state index contributed by atoms with van der Waals surface area (Å²) in [7, 11) is 1.64. The summed E-state index contributed by atoms with van der Waals surface area (Å²) in [6.07, 6.45) is 6.68. The molecule has 5 rings (SSSR count). The van der Waals surface area contributed by atoms with Gasteiger partial charge in [0.05, 0.1) is 12.7 Å². The zero-order chi connectivity index (χ0) is 30.1. The Morgan fingerprint density at radius 2 is 2.02 bits per heavy atom. The average molecular weight is 569 g/mol. The molecule has 1 atom stereocenters. The highest BCUT2D eigenvalue weighted by Gasteiger charge is 2.42. The van der Waals surface area contributed by atoms with Crippen molar-refractivity contribution >= 4 is 28.7 Å². The number of fused-ring (bicyclic) bond motifs is 1. The third-order valence-corrected chi connectivity index (χ3v) is 6.65. The lowest BCUT2D eigenvalue weighted by Crippen LogP contribution is -2.37. The average Bonchev–Trinajstić information content (AvgIpc) is 3.52. The lowest BCUT2D eigenvalue weighted by atomic mass is 10.0. The lowest BCUT2D eigenvalue weighted by molar-refractivity contribution is -0.137. The molecule has 0 aliphatic carbocycles. The fourth-order valence-corrected chi connectivity index (χ4v) is 4.50. The number of hydrogen-bond acceptors (Lipinski definition) is 9. The quantitative estimate of drug-likeness (QED) is 0.307. The van der Waals surface area contributed by atoms with E-state index in [-0.39, 0.29) is 12.2 Å². The largest absolute Gasteiger partial charge is 0.444 e. The molecular formula is C30H32N8O4. The number of nitrogens with two attached hydrogens (primary N) is 1. The van der Waals surface area contributed by atoms with E-state index in [1.807, 2.05) is 39.1 Å². The Hall–Kier alpha value is -5.02. The Morgan fingerprint density at radius 1 is 1.21 bits per heavy atom. The molecule has 2 amide bonds. The number of pyridine rings is 1. The number of nitrogen functional groups attached to an aromatic ring is 1. The highest BCUT2D eigenvalue weighted by atomic mass is 16.6. The SMILES string of the molecule is CN1CC[C@@](O)(C#Cc2cccc(-c3ncc4c(-c5cnn(CCNC(=O)OC(C)(C)C)c5)cnc(N)c4n3)c2)C1=O. The van der Waals surface area contributed by atoms with Gasteiger partial charge in [0.25, 0.3) is 5.91 Å². The summed E-state index contributed by atoms with van der Waals surface area (Å²) < 4.78 is 6.97. The van der Waals surface area contributed by atoms with Gasteiger partial charge < -0.3 is 25.8 Å². The molecule has 216 valence electrons. The van der Waals surface area contributed by atoms with Crippen LogP contribution < -0.4 is 11.1 Å². The molecule has 0 bridgehead atoms. The topological polar surface area (TPSA) is 161 Å². The molecule has 0 unspecified atom stereocenters. The Balaban J connectivity index is 1.36. The summed E-state index contributed by atoms with van der Waals surface area (Å²) in [5, 5.41) is 18.4. The van der Waals surface area contributed by atoms with E-state index in [9.17, 15) is 14.7 Å². The van der Waals surface area contributed by atoms with E-state index in [0.29, 0.717) is 47.5 Å². The zero-order valence-corrected chi connectivity index (χ0v) is 23.9. The van der Waals surface area contributed by atoms with Crippen LogP contribution in [0.5, 0.6) is 0 Å². The summed E-state index contributed by atoms with van der Waals surface area (Å²) in [6, 6.07) is 7.24. The summed E-state index contributed by atoms with van der Waals surface area (Å²) in [5.74, 6) is 5.94. The van der Waals surface area contributed by atoms with Crippen LogP contribution in [-0.2, 0) is 16.1 Å². The Kier molecular flexibility index (Phi) is 7.53. The van der Waals surface area contributed by atoms with Gasteiger partial charge in [-0.05, 0) is 32.9 Å². The number of nitrogens with zero attached hydrogens (tertiary/aromatic N) is 6. The van der Waals surface area contributed by atoms with Gasteiger partial charge >= 0.3 is 6.09 Å². The van der Waals surface area contributed by atoms with Gasteiger partial charge in [-0.15, -0.1) is 0 Å². The van der Waals surface area contributed by atoms with Gasteiger partial charge in [-0.2, -0.15) is 5.10 Å². The van der Waals surface area contributed by atoms with Crippen molar-refractivity contribution in [3.05, 3.63) is 54.6 Å². The fraction of sp³-hybridized carbons (Fsp3) is 0.333. The summed E-state index contributed by atoms with van der Waals surface area (Å²) in [6.45, 7) is 6.67. The maximum atomic E-state index is 12.2. The minimum absolute atomic E-state index is 0.258. The molecule has 12 nitrogen and oxygen atoms in total. The van der Waals surface area contributed by atoms with Crippen LogP contribution in [0.1, 0.15) is 32.8 Å². The van der Waals surface area contributed by atoms with Crippen LogP contribution in [0.2, 0.25) is 0 Å². The van der Waals surface area contributed by atoms with E-state index in [1.54, 1.807) is 42.5 Å². The van der Waals surface area contributed by atoms with Crippen LogP contribution in [0, 0.1) is 11.8 Å². The van der Waals surface area contributed by atoms with Crippen molar-refractivity contribution in [1.29, 1.82) is 0 Å². The molecule has 4 heterocycles. The minimum Gasteiger partial charge on any atom is -0.444 e. The molecule has 0 radical (unpaired) electrons. The van der Waals surface area contributed by atoms with Crippen LogP contribution in [0.4, 0.5) is 10.6 Å². The number of amides is 2. The number of ether oxygens (including phenoxy) is 1. The number of carbonyl (C=O) groups is 2. The molecule has 1 aliphatic heterocycles. The van der Waals surface area contributed by atoms with Crippen molar-refractivity contribution < 1.29 is 19.4 Å². The number of benzene rings is 1. The van der Waals surface area contributed by atoms with Gasteiger partial charge in [0.15, 0.2) is 5.82 Å².